The molecule has 2 aliphatic carbocycles. The minimum absolute atomic E-state index is 0.00562. The molecule has 5 heterocycles. The van der Waals surface area contributed by atoms with Crippen molar-refractivity contribution in [1.29, 1.82) is 0 Å². The Morgan fingerprint density at radius 2 is 1.64 bits per heavy atom. The summed E-state index contributed by atoms with van der Waals surface area (Å²) in [4.78, 5) is 57.8. The minimum Gasteiger partial charge on any atom is -0.509 e. The highest BCUT2D eigenvalue weighted by atomic mass is 16.7. The molecular weight excluding hydrogens is 871 g/mol. The number of rotatable bonds is 7. The van der Waals surface area contributed by atoms with E-state index in [1.165, 1.54) is 46.3 Å². The maximum Gasteiger partial charge on any atom is 0.344 e. The number of Topliss-reactive ketones (excluding diaryl/α,β-unsaturated/α-hetero) is 1. The van der Waals surface area contributed by atoms with E-state index in [-0.39, 0.29) is 66.6 Å². The normalized spacial score (nSPS) is 33.3. The Balaban J connectivity index is 1.38. The van der Waals surface area contributed by atoms with E-state index in [9.17, 15) is 44.7 Å². The third kappa shape index (κ3) is 10.5. The number of carbonyl (C=O) groups is 4. The summed E-state index contributed by atoms with van der Waals surface area (Å²) >= 11 is 0. The van der Waals surface area contributed by atoms with Crippen molar-refractivity contribution in [1.82, 2.24) is 15.1 Å². The number of hydrogen-bond acceptors (Lipinski definition) is 17. The largest absolute Gasteiger partial charge is 0.509 e. The molecule has 18 nitrogen and oxygen atoms in total. The highest BCUT2D eigenvalue weighted by Gasteiger charge is 2.58. The minimum atomic E-state index is -1.98. The van der Waals surface area contributed by atoms with Gasteiger partial charge in [-0.15, -0.1) is 0 Å². The summed E-state index contributed by atoms with van der Waals surface area (Å²) < 4.78 is 35.0. The van der Waals surface area contributed by atoms with Gasteiger partial charge in [-0.1, -0.05) is 52.0 Å². The Kier molecular flexibility index (Phi) is 15.9. The summed E-state index contributed by atoms with van der Waals surface area (Å²) in [6, 6.07) is 0. The second-order valence-electron chi connectivity index (χ2n) is 18.3. The van der Waals surface area contributed by atoms with Crippen molar-refractivity contribution in [3.8, 4) is 0 Å². The van der Waals surface area contributed by atoms with Crippen LogP contribution in [0.2, 0.25) is 0 Å². The zero-order valence-electron chi connectivity index (χ0n) is 39.6. The van der Waals surface area contributed by atoms with Gasteiger partial charge < -0.3 is 69.1 Å². The molecule has 67 heavy (non-hydrogen) atoms. The summed E-state index contributed by atoms with van der Waals surface area (Å²) in [6.45, 7) is 11.5. The zero-order chi connectivity index (χ0) is 49.1. The molecule has 0 radical (unpaired) electrons. The fourth-order valence-electron chi connectivity index (χ4n) is 9.48. The van der Waals surface area contributed by atoms with Crippen molar-refractivity contribution >= 4 is 23.6 Å². The van der Waals surface area contributed by atoms with Gasteiger partial charge in [0.15, 0.2) is 18.1 Å². The van der Waals surface area contributed by atoms with E-state index >= 15 is 0 Å². The lowest BCUT2D eigenvalue weighted by atomic mass is 9.69. The third-order valence-corrected chi connectivity index (χ3v) is 13.5. The fraction of sp³-hybridized carbons (Fsp3) is 0.551. The molecule has 7 aliphatic rings. The van der Waals surface area contributed by atoms with Gasteiger partial charge in [0, 0.05) is 75.2 Å². The van der Waals surface area contributed by atoms with Gasteiger partial charge in [0.25, 0.3) is 5.91 Å². The van der Waals surface area contributed by atoms with E-state index < -0.39 is 113 Å². The molecule has 366 valence electrons. The van der Waals surface area contributed by atoms with Gasteiger partial charge in [-0.2, -0.15) is 0 Å². The Morgan fingerprint density at radius 1 is 0.940 bits per heavy atom. The molecule has 1 fully saturated rings. The average molecular weight is 936 g/mol. The number of fused-ring (bicyclic) bond motifs is 13. The molecule has 11 atom stereocenters. The summed E-state index contributed by atoms with van der Waals surface area (Å²) in [5.74, 6) is -12.0. The van der Waals surface area contributed by atoms with Crippen LogP contribution in [-0.2, 0) is 47.6 Å². The van der Waals surface area contributed by atoms with Crippen LogP contribution in [0.15, 0.2) is 106 Å². The van der Waals surface area contributed by atoms with Crippen LogP contribution in [0.5, 0.6) is 0 Å². The molecule has 1 saturated heterocycles. The van der Waals surface area contributed by atoms with E-state index in [1.807, 2.05) is 25.5 Å². The van der Waals surface area contributed by atoms with Gasteiger partial charge in [0.05, 0.1) is 61.6 Å². The molecule has 0 aromatic heterocycles. The Hall–Kier alpha value is -5.82. The summed E-state index contributed by atoms with van der Waals surface area (Å²) in [6.07, 6.45) is 9.12. The summed E-state index contributed by atoms with van der Waals surface area (Å²) in [7, 11) is 3.24. The SMILES string of the molecule is COC1C=COC2(C)OC3=C(C)C(=O)C4C(O)=C(NC(=O)C(C)=CC=CC(C)C(O)C(C)C(O)C(C)C(OC(=O)COC(=O)CC5=CN(C)C=CC5)C1C)C(N1CCOCC1)=C(O)C4C3=C2O. The maximum atomic E-state index is 14.2. The number of allylic oxidation sites excluding steroid dienone is 7. The van der Waals surface area contributed by atoms with E-state index in [2.05, 4.69) is 5.32 Å². The number of nitrogens with one attached hydrogen (secondary N) is 1. The van der Waals surface area contributed by atoms with Crippen LogP contribution in [0, 0.1) is 35.5 Å². The van der Waals surface area contributed by atoms with Crippen LogP contribution in [0.1, 0.15) is 61.3 Å². The van der Waals surface area contributed by atoms with Gasteiger partial charge in [0.1, 0.15) is 34.8 Å². The second-order valence-corrected chi connectivity index (χ2v) is 18.3. The van der Waals surface area contributed by atoms with Gasteiger partial charge >= 0.3 is 17.7 Å². The van der Waals surface area contributed by atoms with Gasteiger partial charge in [-0.3, -0.25) is 14.4 Å². The first-order valence-corrected chi connectivity index (χ1v) is 22.6. The molecule has 5 aliphatic heterocycles. The molecule has 1 amide bonds. The van der Waals surface area contributed by atoms with Crippen LogP contribution >= 0.6 is 0 Å². The molecule has 7 rings (SSSR count). The lowest BCUT2D eigenvalue weighted by Crippen LogP contribution is -2.47. The highest BCUT2D eigenvalue weighted by molar-refractivity contribution is 6.03. The first-order valence-electron chi connectivity index (χ1n) is 22.6. The number of carbonyl (C=O) groups excluding carboxylic acids is 4. The fourth-order valence-corrected chi connectivity index (χ4v) is 9.48. The number of morpholine rings is 1. The second kappa shape index (κ2) is 21.0. The Morgan fingerprint density at radius 3 is 2.31 bits per heavy atom. The smallest absolute Gasteiger partial charge is 0.344 e. The van der Waals surface area contributed by atoms with Crippen LogP contribution in [0.3, 0.4) is 0 Å². The average Bonchev–Trinajstić information content (AvgIpc) is 3.56. The van der Waals surface area contributed by atoms with Crippen molar-refractivity contribution in [3.63, 3.8) is 0 Å². The van der Waals surface area contributed by atoms with Gasteiger partial charge in [0.2, 0.25) is 0 Å². The van der Waals surface area contributed by atoms with Gasteiger partial charge in [-0.25, -0.2) is 4.79 Å². The van der Waals surface area contributed by atoms with Crippen LogP contribution in [-0.4, -0.2) is 136 Å². The number of amides is 1. The third-order valence-electron chi connectivity index (χ3n) is 13.5. The lowest BCUT2D eigenvalue weighted by Gasteiger charge is -2.41. The number of hydrogen-bond donors (Lipinski definition) is 6. The van der Waals surface area contributed by atoms with Crippen molar-refractivity contribution in [3.05, 3.63) is 106 Å². The number of aliphatic hydroxyl groups excluding tert-OH is 5. The topological polar surface area (TPSA) is 243 Å². The first-order chi connectivity index (χ1) is 31.7. The van der Waals surface area contributed by atoms with Crippen molar-refractivity contribution in [2.75, 3.05) is 47.1 Å². The van der Waals surface area contributed by atoms with Crippen molar-refractivity contribution < 1.29 is 73.1 Å². The predicted molar refractivity (Wildman–Crippen MR) is 241 cm³/mol. The molecule has 0 saturated carbocycles. The number of nitrogens with zero attached hydrogens (tertiary/aromatic N) is 2. The molecule has 5 bridgehead atoms. The predicted octanol–water partition coefficient (Wildman–Crippen LogP) is 4.54. The Bertz CT molecular complexity index is 2250. The number of ketones is 1. The van der Waals surface area contributed by atoms with Crippen LogP contribution in [0.4, 0.5) is 0 Å². The molecule has 11 unspecified atom stereocenters. The number of esters is 2. The molecule has 0 spiro atoms. The van der Waals surface area contributed by atoms with E-state index in [0.717, 1.165) is 5.57 Å². The number of methoxy groups -OCH3 is 1. The summed E-state index contributed by atoms with van der Waals surface area (Å²) in [5, 5.41) is 62.4. The van der Waals surface area contributed by atoms with Crippen LogP contribution < -0.4 is 5.32 Å². The first kappa shape index (κ1) is 50.6. The molecule has 0 aromatic rings. The molecule has 0 aromatic carbocycles. The number of aliphatic hydroxyl groups is 5. The maximum absolute atomic E-state index is 14.2. The summed E-state index contributed by atoms with van der Waals surface area (Å²) in [5.41, 5.74) is 0.869. The zero-order valence-corrected chi connectivity index (χ0v) is 39.6. The highest BCUT2D eigenvalue weighted by Crippen LogP contribution is 2.54. The quantitative estimate of drug-likeness (QED) is 0.192. The van der Waals surface area contributed by atoms with Gasteiger partial charge in [-0.05, 0) is 38.1 Å². The molecule has 18 heteroatoms. The van der Waals surface area contributed by atoms with Crippen molar-refractivity contribution in [2.45, 2.75) is 91.5 Å². The molecular formula is C49H65N3O15. The molecule has 6 N–H and O–H groups in total. The van der Waals surface area contributed by atoms with Crippen LogP contribution in [0.25, 0.3) is 0 Å². The van der Waals surface area contributed by atoms with E-state index in [0.29, 0.717) is 6.42 Å². The monoisotopic (exact) mass is 935 g/mol. The standard InChI is InChI=1S/C49H65N3O15/c1-25-12-10-13-26(2)48(61)50-38-39(52-17-20-63-21-18-52)44(59)35-36(43(38)58)42(57)30(6)46-37(35)47(60)49(7,67-46)65-19-15-32(62-9)27(3)45(29(5)41(56)28(4)40(25)55)66-34(54)24-64-33(53)22-31-14-11-16-51(8)23-31/h10-13,15-16,19,23,25,27-29,32,35-36,40-41,45,55-56,58-60H,14,17-18,20-22,24H2,1-9H3,(H,50,61). The number of ether oxygens (including phenoxy) is 6. The van der Waals surface area contributed by atoms with E-state index in [1.54, 1.807) is 49.6 Å². The van der Waals surface area contributed by atoms with Crippen molar-refractivity contribution in [2.24, 2.45) is 35.5 Å². The lowest BCUT2D eigenvalue weighted by molar-refractivity contribution is -0.172. The Labute approximate surface area is 390 Å². The van der Waals surface area contributed by atoms with E-state index in [4.69, 9.17) is 28.4 Å².